The molecule has 0 bridgehead atoms. The van der Waals surface area contributed by atoms with Crippen molar-refractivity contribution in [1.29, 1.82) is 5.26 Å². The van der Waals surface area contributed by atoms with E-state index in [1.165, 1.54) is 6.20 Å². The van der Waals surface area contributed by atoms with Crippen molar-refractivity contribution in [2.45, 2.75) is 39.7 Å². The number of nitrogens with zero attached hydrogens (tertiary/aromatic N) is 3. The molecule has 140 valence electrons. The van der Waals surface area contributed by atoms with Crippen molar-refractivity contribution in [3.05, 3.63) is 56.8 Å². The molecule has 0 fully saturated rings. The minimum Gasteiger partial charge on any atom is -0.492 e. The van der Waals surface area contributed by atoms with Gasteiger partial charge in [0.05, 0.1) is 18.3 Å². The lowest BCUT2D eigenvalue weighted by molar-refractivity contribution is 0.0668. The number of fused-ring (bicyclic) bond motifs is 1. The maximum Gasteiger partial charge on any atom is 0.254 e. The third-order valence-electron chi connectivity index (χ3n) is 4.96. The van der Waals surface area contributed by atoms with E-state index in [0.717, 1.165) is 39.7 Å². The molecule has 1 atom stereocenters. The molecule has 0 saturated carbocycles. The van der Waals surface area contributed by atoms with Crippen LogP contribution in [0.25, 0.3) is 0 Å². The monoisotopic (exact) mass is 427 g/mol. The van der Waals surface area contributed by atoms with Gasteiger partial charge in [-0.25, -0.2) is 0 Å². The molecule has 5 nitrogen and oxygen atoms in total. The molecule has 0 radical (unpaired) electrons. The maximum absolute atomic E-state index is 13.2. The quantitative estimate of drug-likeness (QED) is 0.707. The van der Waals surface area contributed by atoms with Crippen LogP contribution in [0.2, 0.25) is 0 Å². The number of rotatable bonds is 5. The Bertz CT molecular complexity index is 920. The Labute approximate surface area is 168 Å². The Morgan fingerprint density at radius 1 is 1.37 bits per heavy atom. The summed E-state index contributed by atoms with van der Waals surface area (Å²) in [7, 11) is 0. The second-order valence-electron chi connectivity index (χ2n) is 6.53. The summed E-state index contributed by atoms with van der Waals surface area (Å²) >= 11 is 3.62. The van der Waals surface area contributed by atoms with Crippen LogP contribution >= 0.6 is 15.9 Å². The Kier molecular flexibility index (Phi) is 5.81. The molecular weight excluding hydrogens is 406 g/mol. The first kappa shape index (κ1) is 19.4. The van der Waals surface area contributed by atoms with Crippen LogP contribution in [0.3, 0.4) is 0 Å². The number of aryl methyl sites for hydroxylation is 1. The zero-order valence-electron chi connectivity index (χ0n) is 15.8. The molecule has 1 aliphatic heterocycles. The number of hydrogen-bond acceptors (Lipinski definition) is 4. The molecule has 0 saturated heterocycles. The van der Waals surface area contributed by atoms with E-state index in [1.807, 2.05) is 24.8 Å². The fraction of sp³-hybridized carbons (Fsp3) is 0.381. The highest BCUT2D eigenvalue weighted by Gasteiger charge is 2.31. The molecule has 3 rings (SSSR count). The number of pyridine rings is 1. The summed E-state index contributed by atoms with van der Waals surface area (Å²) in [6, 6.07) is 7.76. The van der Waals surface area contributed by atoms with Crippen LogP contribution in [0.5, 0.6) is 5.75 Å². The first-order chi connectivity index (χ1) is 13.0. The number of carbonyl (C=O) groups is 1. The maximum atomic E-state index is 13.2. The molecule has 1 amide bonds. The standard InChI is InChI=1S/C21H22BrN3O2/c1-4-14-8-17-16(18(22)9-14)6-7-25(21(17)26)13(3)19-10-20(27-5-2)15(11-23)12-24-19/h8-10,12-13H,4-7H2,1-3H3. The van der Waals surface area contributed by atoms with Crippen LogP contribution in [0.15, 0.2) is 28.9 Å². The van der Waals surface area contributed by atoms with Gasteiger partial charge in [-0.05, 0) is 49.9 Å². The van der Waals surface area contributed by atoms with E-state index < -0.39 is 0 Å². The second-order valence-corrected chi connectivity index (χ2v) is 7.39. The second kappa shape index (κ2) is 8.10. The summed E-state index contributed by atoms with van der Waals surface area (Å²) in [6.07, 6.45) is 3.19. The van der Waals surface area contributed by atoms with Crippen molar-refractivity contribution in [3.8, 4) is 11.8 Å². The van der Waals surface area contributed by atoms with Crippen molar-refractivity contribution in [1.82, 2.24) is 9.88 Å². The molecular formula is C21H22BrN3O2. The van der Waals surface area contributed by atoms with Gasteiger partial charge in [-0.3, -0.25) is 9.78 Å². The third-order valence-corrected chi connectivity index (χ3v) is 5.67. The fourth-order valence-electron chi connectivity index (χ4n) is 3.40. The molecule has 27 heavy (non-hydrogen) atoms. The van der Waals surface area contributed by atoms with Crippen molar-refractivity contribution < 1.29 is 9.53 Å². The van der Waals surface area contributed by atoms with Crippen LogP contribution in [0.4, 0.5) is 0 Å². The van der Waals surface area contributed by atoms with Gasteiger partial charge in [0, 0.05) is 28.8 Å². The largest absolute Gasteiger partial charge is 0.492 e. The normalized spacial score (nSPS) is 14.5. The summed E-state index contributed by atoms with van der Waals surface area (Å²) in [4.78, 5) is 19.4. The summed E-state index contributed by atoms with van der Waals surface area (Å²) in [5.74, 6) is 0.529. The summed E-state index contributed by atoms with van der Waals surface area (Å²) in [5.41, 5.74) is 4.10. The molecule has 2 aromatic rings. The van der Waals surface area contributed by atoms with Crippen molar-refractivity contribution in [3.63, 3.8) is 0 Å². The Hall–Kier alpha value is -2.39. The topological polar surface area (TPSA) is 66.2 Å². The predicted octanol–water partition coefficient (Wildman–Crippen LogP) is 4.44. The highest BCUT2D eigenvalue weighted by molar-refractivity contribution is 9.10. The third kappa shape index (κ3) is 3.70. The number of aromatic nitrogens is 1. The number of halogens is 1. The van der Waals surface area contributed by atoms with Gasteiger partial charge in [0.15, 0.2) is 0 Å². The number of carbonyl (C=O) groups excluding carboxylic acids is 1. The summed E-state index contributed by atoms with van der Waals surface area (Å²) in [6.45, 7) is 7.02. The van der Waals surface area contributed by atoms with Gasteiger partial charge < -0.3 is 9.64 Å². The van der Waals surface area contributed by atoms with E-state index in [9.17, 15) is 10.1 Å². The van der Waals surface area contributed by atoms with E-state index in [-0.39, 0.29) is 11.9 Å². The minimum absolute atomic E-state index is 0.0175. The van der Waals surface area contributed by atoms with Crippen molar-refractivity contribution in [2.75, 3.05) is 13.2 Å². The van der Waals surface area contributed by atoms with Gasteiger partial charge in [0.25, 0.3) is 5.91 Å². The highest BCUT2D eigenvalue weighted by Crippen LogP contribution is 2.33. The highest BCUT2D eigenvalue weighted by atomic mass is 79.9. The van der Waals surface area contributed by atoms with E-state index in [0.29, 0.717) is 24.5 Å². The summed E-state index contributed by atoms with van der Waals surface area (Å²) in [5, 5.41) is 9.21. The van der Waals surface area contributed by atoms with E-state index in [4.69, 9.17) is 4.74 Å². The number of ether oxygens (including phenoxy) is 1. The first-order valence-corrected chi connectivity index (χ1v) is 9.94. The molecule has 6 heteroatoms. The van der Waals surface area contributed by atoms with E-state index in [2.05, 4.69) is 40.0 Å². The average molecular weight is 428 g/mol. The van der Waals surface area contributed by atoms with Crippen molar-refractivity contribution >= 4 is 21.8 Å². The minimum atomic E-state index is -0.207. The van der Waals surface area contributed by atoms with Gasteiger partial charge in [-0.2, -0.15) is 5.26 Å². The number of benzene rings is 1. The number of nitriles is 1. The first-order valence-electron chi connectivity index (χ1n) is 9.15. The van der Waals surface area contributed by atoms with Crippen LogP contribution in [-0.2, 0) is 12.8 Å². The van der Waals surface area contributed by atoms with Crippen LogP contribution in [0, 0.1) is 11.3 Å². The van der Waals surface area contributed by atoms with E-state index >= 15 is 0 Å². The molecule has 0 N–H and O–H groups in total. The Balaban J connectivity index is 1.94. The Morgan fingerprint density at radius 2 is 2.15 bits per heavy atom. The molecule has 1 unspecified atom stereocenters. The van der Waals surface area contributed by atoms with Gasteiger partial charge in [0.1, 0.15) is 17.4 Å². The number of hydrogen-bond donors (Lipinski definition) is 0. The smallest absolute Gasteiger partial charge is 0.254 e. The molecule has 1 aromatic heterocycles. The van der Waals surface area contributed by atoms with Gasteiger partial charge >= 0.3 is 0 Å². The van der Waals surface area contributed by atoms with Gasteiger partial charge in [0.2, 0.25) is 0 Å². The average Bonchev–Trinajstić information content (AvgIpc) is 2.68. The zero-order chi connectivity index (χ0) is 19.6. The van der Waals surface area contributed by atoms with Crippen LogP contribution < -0.4 is 4.74 Å². The Morgan fingerprint density at radius 3 is 2.81 bits per heavy atom. The molecule has 1 aromatic carbocycles. The number of amides is 1. The molecule has 0 aliphatic carbocycles. The van der Waals surface area contributed by atoms with Crippen LogP contribution in [0.1, 0.15) is 59.6 Å². The lowest BCUT2D eigenvalue weighted by Gasteiger charge is -2.34. The lowest BCUT2D eigenvalue weighted by atomic mass is 9.94. The predicted molar refractivity (Wildman–Crippen MR) is 107 cm³/mol. The molecule has 2 heterocycles. The lowest BCUT2D eigenvalue weighted by Crippen LogP contribution is -2.39. The van der Waals surface area contributed by atoms with Gasteiger partial charge in [-0.1, -0.05) is 22.9 Å². The van der Waals surface area contributed by atoms with Crippen molar-refractivity contribution in [2.24, 2.45) is 0 Å². The fourth-order valence-corrected chi connectivity index (χ4v) is 4.10. The van der Waals surface area contributed by atoms with Gasteiger partial charge in [-0.15, -0.1) is 0 Å². The zero-order valence-corrected chi connectivity index (χ0v) is 17.3. The van der Waals surface area contributed by atoms with Crippen LogP contribution in [-0.4, -0.2) is 28.9 Å². The molecule has 0 spiro atoms. The summed E-state index contributed by atoms with van der Waals surface area (Å²) < 4.78 is 6.57. The molecule has 1 aliphatic rings. The SMILES string of the molecule is CCOc1cc(C(C)N2CCc3c(Br)cc(CC)cc3C2=O)ncc1C#N. The van der Waals surface area contributed by atoms with E-state index in [1.54, 1.807) is 6.07 Å².